The average molecular weight is 256 g/mol. The van der Waals surface area contributed by atoms with Crippen molar-refractivity contribution in [1.29, 1.82) is 0 Å². The third kappa shape index (κ3) is 3.47. The number of hydrogen-bond acceptors (Lipinski definition) is 2. The molecule has 2 aromatic rings. The Kier molecular flexibility index (Phi) is 4.39. The molecule has 19 heavy (non-hydrogen) atoms. The van der Waals surface area contributed by atoms with E-state index in [4.69, 9.17) is 4.42 Å². The number of amides is 1. The molecule has 1 aromatic heterocycles. The van der Waals surface area contributed by atoms with Crippen LogP contribution in [0, 0.1) is 6.07 Å². The second kappa shape index (κ2) is 6.23. The molecule has 2 unspecified atom stereocenters. The zero-order valence-corrected chi connectivity index (χ0v) is 11.2. The summed E-state index contributed by atoms with van der Waals surface area (Å²) in [6.45, 7) is 4.51. The fourth-order valence-corrected chi connectivity index (χ4v) is 1.92. The van der Waals surface area contributed by atoms with Crippen LogP contribution in [0.3, 0.4) is 0 Å². The van der Waals surface area contributed by atoms with E-state index in [9.17, 15) is 4.79 Å². The van der Waals surface area contributed by atoms with Crippen LogP contribution in [0.4, 0.5) is 0 Å². The first kappa shape index (κ1) is 13.4. The Morgan fingerprint density at radius 2 is 2.05 bits per heavy atom. The van der Waals surface area contributed by atoms with E-state index >= 15 is 0 Å². The van der Waals surface area contributed by atoms with Crippen molar-refractivity contribution in [3.63, 3.8) is 0 Å². The van der Waals surface area contributed by atoms with Crippen molar-refractivity contribution in [2.45, 2.75) is 25.7 Å². The van der Waals surface area contributed by atoms with Crippen LogP contribution in [0.1, 0.15) is 37.0 Å². The fourth-order valence-electron chi connectivity index (χ4n) is 1.92. The first-order valence-corrected chi connectivity index (χ1v) is 6.45. The van der Waals surface area contributed by atoms with E-state index in [1.54, 1.807) is 6.26 Å². The normalized spacial score (nSPS) is 13.8. The number of rotatable bonds is 5. The average Bonchev–Trinajstić information content (AvgIpc) is 2.98. The van der Waals surface area contributed by atoms with Gasteiger partial charge in [0.2, 0.25) is 5.91 Å². The molecule has 1 N–H and O–H groups in total. The minimum absolute atomic E-state index is 0.0320. The Balaban J connectivity index is 1.88. The third-order valence-electron chi connectivity index (χ3n) is 3.25. The lowest BCUT2D eigenvalue weighted by Crippen LogP contribution is -2.31. The highest BCUT2D eigenvalue weighted by atomic mass is 16.3. The molecule has 0 fully saturated rings. The zero-order chi connectivity index (χ0) is 13.7. The highest BCUT2D eigenvalue weighted by Crippen LogP contribution is 2.17. The van der Waals surface area contributed by atoms with Gasteiger partial charge in [-0.2, -0.15) is 0 Å². The van der Waals surface area contributed by atoms with Crippen LogP contribution < -0.4 is 5.32 Å². The van der Waals surface area contributed by atoms with Gasteiger partial charge in [0, 0.05) is 12.5 Å². The van der Waals surface area contributed by atoms with E-state index in [1.807, 2.05) is 50.2 Å². The van der Waals surface area contributed by atoms with Gasteiger partial charge in [0.1, 0.15) is 5.76 Å². The highest BCUT2D eigenvalue weighted by Gasteiger charge is 2.16. The van der Waals surface area contributed by atoms with Gasteiger partial charge in [-0.05, 0) is 30.7 Å². The maximum absolute atomic E-state index is 12.1. The minimum Gasteiger partial charge on any atom is -0.469 e. The number of carbonyl (C=O) groups excluding carboxylic acids is 1. The summed E-state index contributed by atoms with van der Waals surface area (Å²) in [6, 6.07) is 14.2. The number of nitrogens with one attached hydrogen (secondary N) is 1. The smallest absolute Gasteiger partial charge is 0.227 e. The van der Waals surface area contributed by atoms with Crippen molar-refractivity contribution in [2.24, 2.45) is 0 Å². The van der Waals surface area contributed by atoms with Gasteiger partial charge in [-0.3, -0.25) is 4.79 Å². The molecule has 0 aliphatic heterocycles. The molecular weight excluding hydrogens is 238 g/mol. The molecule has 0 spiro atoms. The van der Waals surface area contributed by atoms with E-state index in [-0.39, 0.29) is 17.7 Å². The summed E-state index contributed by atoms with van der Waals surface area (Å²) in [4.78, 5) is 12.1. The molecule has 1 heterocycles. The summed E-state index contributed by atoms with van der Waals surface area (Å²) in [6.07, 6.45) is 1.65. The summed E-state index contributed by atoms with van der Waals surface area (Å²) < 4.78 is 5.32. The standard InChI is InChI=1S/C16H18NO2/c1-12(15-9-6-10-19-15)11-17-16(18)13(2)14-7-4-3-5-8-14/h4-10,12-13H,11H2,1-2H3,(H,17,18). The van der Waals surface area contributed by atoms with Crippen LogP contribution in [0.25, 0.3) is 0 Å². The Bertz CT molecular complexity index is 505. The molecular formula is C16H18NO2. The maximum atomic E-state index is 12.1. The van der Waals surface area contributed by atoms with E-state index in [1.165, 1.54) is 0 Å². The summed E-state index contributed by atoms with van der Waals surface area (Å²) in [7, 11) is 0. The zero-order valence-electron chi connectivity index (χ0n) is 11.2. The lowest BCUT2D eigenvalue weighted by Gasteiger charge is -2.14. The van der Waals surface area contributed by atoms with Gasteiger partial charge in [-0.15, -0.1) is 0 Å². The minimum atomic E-state index is -0.154. The molecule has 2 atom stereocenters. The number of furan rings is 1. The summed E-state index contributed by atoms with van der Waals surface area (Å²) >= 11 is 0. The summed E-state index contributed by atoms with van der Waals surface area (Å²) in [5, 5.41) is 2.96. The van der Waals surface area contributed by atoms with Gasteiger partial charge in [0.25, 0.3) is 0 Å². The van der Waals surface area contributed by atoms with Gasteiger partial charge < -0.3 is 9.73 Å². The molecule has 3 heteroatoms. The van der Waals surface area contributed by atoms with Crippen molar-refractivity contribution in [3.05, 3.63) is 60.1 Å². The molecule has 0 aliphatic carbocycles. The Hall–Kier alpha value is -2.03. The second-order valence-corrected chi connectivity index (χ2v) is 4.72. The fraction of sp³-hybridized carbons (Fsp3) is 0.312. The molecule has 1 aromatic carbocycles. The van der Waals surface area contributed by atoms with Crippen LogP contribution in [0.2, 0.25) is 0 Å². The van der Waals surface area contributed by atoms with Crippen LogP contribution in [0.15, 0.2) is 47.1 Å². The van der Waals surface area contributed by atoms with Crippen LogP contribution in [-0.4, -0.2) is 12.5 Å². The van der Waals surface area contributed by atoms with Crippen molar-refractivity contribution in [3.8, 4) is 0 Å². The van der Waals surface area contributed by atoms with Gasteiger partial charge in [-0.25, -0.2) is 0 Å². The number of benzene rings is 1. The highest BCUT2D eigenvalue weighted by molar-refractivity contribution is 5.83. The number of carbonyl (C=O) groups is 1. The van der Waals surface area contributed by atoms with Crippen LogP contribution in [-0.2, 0) is 4.79 Å². The molecule has 3 nitrogen and oxygen atoms in total. The quantitative estimate of drug-likeness (QED) is 0.893. The first-order chi connectivity index (χ1) is 9.18. The number of hydrogen-bond donors (Lipinski definition) is 1. The molecule has 99 valence electrons. The molecule has 1 radical (unpaired) electrons. The van der Waals surface area contributed by atoms with E-state index < -0.39 is 0 Å². The van der Waals surface area contributed by atoms with E-state index in [2.05, 4.69) is 11.4 Å². The Morgan fingerprint density at radius 1 is 1.32 bits per heavy atom. The first-order valence-electron chi connectivity index (χ1n) is 6.45. The summed E-state index contributed by atoms with van der Waals surface area (Å²) in [5.74, 6) is 0.945. The van der Waals surface area contributed by atoms with Crippen molar-refractivity contribution in [2.75, 3.05) is 6.54 Å². The van der Waals surface area contributed by atoms with E-state index in [0.29, 0.717) is 6.54 Å². The van der Waals surface area contributed by atoms with Gasteiger partial charge in [-0.1, -0.05) is 31.2 Å². The topological polar surface area (TPSA) is 42.2 Å². The summed E-state index contributed by atoms with van der Waals surface area (Å²) in [5.41, 5.74) is 1.00. The van der Waals surface area contributed by atoms with Gasteiger partial charge in [0.15, 0.2) is 0 Å². The Labute approximate surface area is 113 Å². The van der Waals surface area contributed by atoms with Crippen LogP contribution >= 0.6 is 0 Å². The SMILES string of the molecule is CC(CNC(=O)C(C)c1cc[c]cc1)c1ccco1. The van der Waals surface area contributed by atoms with Crippen molar-refractivity contribution < 1.29 is 9.21 Å². The molecule has 0 saturated carbocycles. The predicted molar refractivity (Wildman–Crippen MR) is 73.8 cm³/mol. The molecule has 0 aliphatic rings. The third-order valence-corrected chi connectivity index (χ3v) is 3.25. The molecule has 0 bridgehead atoms. The Morgan fingerprint density at radius 3 is 2.68 bits per heavy atom. The molecule has 2 rings (SSSR count). The second-order valence-electron chi connectivity index (χ2n) is 4.72. The van der Waals surface area contributed by atoms with Crippen LogP contribution in [0.5, 0.6) is 0 Å². The molecule has 0 saturated heterocycles. The van der Waals surface area contributed by atoms with Crippen molar-refractivity contribution in [1.82, 2.24) is 5.32 Å². The largest absolute Gasteiger partial charge is 0.469 e. The van der Waals surface area contributed by atoms with Gasteiger partial charge in [0.05, 0.1) is 12.2 Å². The lowest BCUT2D eigenvalue weighted by molar-refractivity contribution is -0.122. The van der Waals surface area contributed by atoms with Gasteiger partial charge >= 0.3 is 0 Å². The lowest BCUT2D eigenvalue weighted by atomic mass is 10.00. The maximum Gasteiger partial charge on any atom is 0.227 e. The predicted octanol–water partition coefficient (Wildman–Crippen LogP) is 3.10. The van der Waals surface area contributed by atoms with Crippen molar-refractivity contribution >= 4 is 5.91 Å². The molecule has 1 amide bonds. The van der Waals surface area contributed by atoms with E-state index in [0.717, 1.165) is 11.3 Å². The monoisotopic (exact) mass is 256 g/mol.